The zero-order valence-electron chi connectivity index (χ0n) is 19.7. The first-order valence-corrected chi connectivity index (χ1v) is 11.2. The van der Waals surface area contributed by atoms with Crippen LogP contribution in [0.25, 0.3) is 11.3 Å². The lowest BCUT2D eigenvalue weighted by molar-refractivity contribution is 0.102. The first-order valence-electron chi connectivity index (χ1n) is 11.2. The zero-order chi connectivity index (χ0) is 24.5. The number of carbonyl (C=O) groups excluding carboxylic acids is 1. The molecular formula is C27H25N5O3. The van der Waals surface area contributed by atoms with Gasteiger partial charge >= 0.3 is 0 Å². The topological polar surface area (TPSA) is 82.6 Å². The predicted octanol–water partition coefficient (Wildman–Crippen LogP) is 4.27. The largest absolute Gasteiger partial charge is 0.487 e. The lowest BCUT2D eigenvalue weighted by Crippen LogP contribution is -2.22. The molecule has 5 rings (SSSR count). The van der Waals surface area contributed by atoms with E-state index in [1.54, 1.807) is 42.9 Å². The molecule has 2 aromatic carbocycles. The van der Waals surface area contributed by atoms with Crippen molar-refractivity contribution in [3.63, 3.8) is 0 Å². The molecule has 0 atom stereocenters. The van der Waals surface area contributed by atoms with Crippen LogP contribution >= 0.6 is 0 Å². The maximum atomic E-state index is 13.0. The van der Waals surface area contributed by atoms with E-state index in [0.717, 1.165) is 22.6 Å². The molecule has 0 saturated heterocycles. The summed E-state index contributed by atoms with van der Waals surface area (Å²) in [6, 6.07) is 20.1. The molecule has 0 radical (unpaired) electrons. The Kier molecular flexibility index (Phi) is 5.70. The molecule has 0 spiro atoms. The highest BCUT2D eigenvalue weighted by Gasteiger charge is 2.19. The van der Waals surface area contributed by atoms with Crippen molar-refractivity contribution < 1.29 is 9.53 Å². The highest BCUT2D eigenvalue weighted by atomic mass is 16.5. The Morgan fingerprint density at radius 2 is 1.74 bits per heavy atom. The van der Waals surface area contributed by atoms with Crippen LogP contribution in [0.5, 0.6) is 5.75 Å². The van der Waals surface area contributed by atoms with Crippen molar-refractivity contribution in [2.45, 2.75) is 20.5 Å². The van der Waals surface area contributed by atoms with Crippen LogP contribution in [0.3, 0.4) is 0 Å². The fraction of sp³-hybridized carbons (Fsp3) is 0.148. The Morgan fingerprint density at radius 1 is 1.00 bits per heavy atom. The van der Waals surface area contributed by atoms with Crippen molar-refractivity contribution in [3.8, 4) is 11.4 Å². The van der Waals surface area contributed by atoms with Gasteiger partial charge in [0.2, 0.25) is 0 Å². The lowest BCUT2D eigenvalue weighted by Gasteiger charge is -2.07. The van der Waals surface area contributed by atoms with Gasteiger partial charge < -0.3 is 14.5 Å². The van der Waals surface area contributed by atoms with Crippen molar-refractivity contribution >= 4 is 17.2 Å². The second-order valence-electron chi connectivity index (χ2n) is 8.36. The quantitative estimate of drug-likeness (QED) is 0.404. The number of benzene rings is 2. The van der Waals surface area contributed by atoms with Crippen molar-refractivity contribution in [2.24, 2.45) is 7.05 Å². The van der Waals surface area contributed by atoms with Crippen LogP contribution in [0, 0.1) is 13.8 Å². The number of anilines is 1. The Morgan fingerprint density at radius 3 is 2.46 bits per heavy atom. The maximum absolute atomic E-state index is 13.0. The van der Waals surface area contributed by atoms with Crippen LogP contribution in [0.15, 0.2) is 83.9 Å². The van der Waals surface area contributed by atoms with E-state index < -0.39 is 0 Å². The number of carbonyl (C=O) groups is 1. The van der Waals surface area contributed by atoms with Crippen LogP contribution < -0.4 is 15.6 Å². The molecular weight excluding hydrogens is 442 g/mol. The van der Waals surface area contributed by atoms with E-state index in [4.69, 9.17) is 4.74 Å². The van der Waals surface area contributed by atoms with Crippen LogP contribution in [0.4, 0.5) is 5.69 Å². The van der Waals surface area contributed by atoms with Crippen LogP contribution in [0.1, 0.15) is 27.3 Å². The monoisotopic (exact) mass is 467 g/mol. The molecule has 0 unspecified atom stereocenters. The molecule has 1 N–H and O–H groups in total. The van der Waals surface area contributed by atoms with E-state index in [0.29, 0.717) is 23.6 Å². The fourth-order valence-electron chi connectivity index (χ4n) is 4.03. The fourth-order valence-corrected chi connectivity index (χ4v) is 4.03. The van der Waals surface area contributed by atoms with Gasteiger partial charge in [-0.15, -0.1) is 0 Å². The SMILES string of the molecule is Cc1cccn2cc(COc3ccc(C(=O)Nc4c(C)n(C)n(-c5ccccc5)c4=O)cc3)nc12. The van der Waals surface area contributed by atoms with Gasteiger partial charge in [-0.3, -0.25) is 14.3 Å². The van der Waals surface area contributed by atoms with E-state index in [1.165, 1.54) is 4.68 Å². The van der Waals surface area contributed by atoms with E-state index in [1.807, 2.05) is 66.2 Å². The third-order valence-corrected chi connectivity index (χ3v) is 6.02. The van der Waals surface area contributed by atoms with Gasteiger partial charge in [0.25, 0.3) is 11.5 Å². The van der Waals surface area contributed by atoms with Crippen molar-refractivity contribution in [2.75, 3.05) is 5.32 Å². The Labute approximate surface area is 202 Å². The molecule has 0 bridgehead atoms. The predicted molar refractivity (Wildman–Crippen MR) is 134 cm³/mol. The van der Waals surface area contributed by atoms with Gasteiger partial charge in [-0.25, -0.2) is 9.67 Å². The zero-order valence-corrected chi connectivity index (χ0v) is 19.7. The number of hydrogen-bond donors (Lipinski definition) is 1. The summed E-state index contributed by atoms with van der Waals surface area (Å²) in [7, 11) is 1.79. The van der Waals surface area contributed by atoms with Gasteiger partial charge in [0.05, 0.1) is 17.1 Å². The van der Waals surface area contributed by atoms with Crippen LogP contribution in [0.2, 0.25) is 0 Å². The highest BCUT2D eigenvalue weighted by molar-refractivity contribution is 6.04. The summed E-state index contributed by atoms with van der Waals surface area (Å²) in [5.74, 6) is 0.260. The van der Waals surface area contributed by atoms with Gasteiger partial charge in [-0.05, 0) is 61.9 Å². The normalized spacial score (nSPS) is 11.1. The van der Waals surface area contributed by atoms with Crippen LogP contribution in [-0.2, 0) is 13.7 Å². The summed E-state index contributed by atoms with van der Waals surface area (Å²) < 4.78 is 11.1. The molecule has 0 saturated carbocycles. The third kappa shape index (κ3) is 4.21. The van der Waals surface area contributed by atoms with Gasteiger partial charge in [0, 0.05) is 25.0 Å². The summed E-state index contributed by atoms with van der Waals surface area (Å²) in [5.41, 5.74) is 4.60. The standard InChI is InChI=1S/C27H25N5O3/c1-18-8-7-15-31-16-21(28-25(18)31)17-35-23-13-11-20(12-14-23)26(33)29-24-19(2)30(3)32(27(24)34)22-9-5-4-6-10-22/h4-16H,17H2,1-3H3,(H,29,33). The first-order chi connectivity index (χ1) is 16.9. The lowest BCUT2D eigenvalue weighted by atomic mass is 10.2. The third-order valence-electron chi connectivity index (χ3n) is 6.02. The van der Waals surface area contributed by atoms with E-state index in [9.17, 15) is 9.59 Å². The average Bonchev–Trinajstić information content (AvgIpc) is 3.39. The molecule has 176 valence electrons. The Bertz CT molecular complexity index is 1580. The second-order valence-corrected chi connectivity index (χ2v) is 8.36. The number of imidazole rings is 1. The summed E-state index contributed by atoms with van der Waals surface area (Å²) in [5, 5.41) is 2.78. The number of hydrogen-bond acceptors (Lipinski definition) is 4. The van der Waals surface area contributed by atoms with Gasteiger partial charge in [0.1, 0.15) is 23.7 Å². The van der Waals surface area contributed by atoms with Gasteiger partial charge in [-0.1, -0.05) is 24.3 Å². The number of ether oxygens (including phenoxy) is 1. The van der Waals surface area contributed by atoms with Gasteiger partial charge in [-0.2, -0.15) is 0 Å². The molecule has 8 heteroatoms. The molecule has 0 fully saturated rings. The molecule has 0 aliphatic carbocycles. The van der Waals surface area contributed by atoms with Crippen molar-refractivity contribution in [1.82, 2.24) is 18.7 Å². The molecule has 3 heterocycles. The summed E-state index contributed by atoms with van der Waals surface area (Å²) >= 11 is 0. The summed E-state index contributed by atoms with van der Waals surface area (Å²) in [6.07, 6.45) is 3.89. The van der Waals surface area contributed by atoms with E-state index in [-0.39, 0.29) is 17.2 Å². The number of aryl methyl sites for hydroxylation is 1. The number of amides is 1. The maximum Gasteiger partial charge on any atom is 0.295 e. The number of pyridine rings is 1. The average molecular weight is 468 g/mol. The minimum Gasteiger partial charge on any atom is -0.487 e. The highest BCUT2D eigenvalue weighted by Crippen LogP contribution is 2.18. The number of aromatic nitrogens is 4. The van der Waals surface area contributed by atoms with Crippen molar-refractivity contribution in [1.29, 1.82) is 0 Å². The smallest absolute Gasteiger partial charge is 0.295 e. The molecule has 0 aliphatic heterocycles. The first kappa shape index (κ1) is 22.2. The number of fused-ring (bicyclic) bond motifs is 1. The Balaban J connectivity index is 1.29. The van der Waals surface area contributed by atoms with E-state index in [2.05, 4.69) is 10.3 Å². The second kappa shape index (κ2) is 8.98. The van der Waals surface area contributed by atoms with Crippen LogP contribution in [-0.4, -0.2) is 24.7 Å². The number of rotatable bonds is 6. The van der Waals surface area contributed by atoms with E-state index >= 15 is 0 Å². The molecule has 5 aromatic rings. The minimum atomic E-state index is -0.363. The van der Waals surface area contributed by atoms with Crippen molar-refractivity contribution in [3.05, 3.63) is 112 Å². The molecule has 35 heavy (non-hydrogen) atoms. The molecule has 3 aromatic heterocycles. The number of nitrogens with one attached hydrogen (secondary N) is 1. The molecule has 1 amide bonds. The molecule has 8 nitrogen and oxygen atoms in total. The number of para-hydroxylation sites is 1. The van der Waals surface area contributed by atoms with Gasteiger partial charge in [0.15, 0.2) is 0 Å². The summed E-state index contributed by atoms with van der Waals surface area (Å²) in [4.78, 5) is 30.5. The molecule has 0 aliphatic rings. The Hall–Kier alpha value is -4.59. The summed E-state index contributed by atoms with van der Waals surface area (Å²) in [6.45, 7) is 4.13. The number of nitrogens with zero attached hydrogens (tertiary/aromatic N) is 4. The minimum absolute atomic E-state index is 0.254.